The quantitative estimate of drug-likeness (QED) is 0.373. The largest absolute Gasteiger partial charge is 0.493 e. The number of rotatable bonds is 8. The molecule has 1 atom stereocenters. The minimum Gasteiger partial charge on any atom is -0.493 e. The van der Waals surface area contributed by atoms with Crippen LogP contribution in [0.15, 0.2) is 36.5 Å². The van der Waals surface area contributed by atoms with Crippen molar-refractivity contribution in [2.24, 2.45) is 7.05 Å². The Balaban J connectivity index is 1.39. The lowest BCUT2D eigenvalue weighted by Gasteiger charge is -2.23. The van der Waals surface area contributed by atoms with Gasteiger partial charge in [-0.25, -0.2) is 14.5 Å². The smallest absolute Gasteiger partial charge is 0.341 e. The van der Waals surface area contributed by atoms with Crippen LogP contribution in [0.25, 0.3) is 22.3 Å². The molecule has 10 nitrogen and oxygen atoms in total. The molecule has 0 amide bonds. The number of carboxylic acid groups (broad SMARTS) is 1. The van der Waals surface area contributed by atoms with Crippen molar-refractivity contribution in [2.75, 3.05) is 20.3 Å². The lowest BCUT2D eigenvalue weighted by atomic mass is 10.1. The molecule has 2 aromatic heterocycles. The first-order valence-corrected chi connectivity index (χ1v) is 12.0. The van der Waals surface area contributed by atoms with Crippen molar-refractivity contribution >= 4 is 28.5 Å². The van der Waals surface area contributed by atoms with E-state index in [4.69, 9.17) is 35.9 Å². The van der Waals surface area contributed by atoms with Gasteiger partial charge < -0.3 is 19.3 Å². The number of ether oxygens (including phenoxy) is 3. The number of methoxy groups -OCH3 is 1. The van der Waals surface area contributed by atoms with E-state index >= 15 is 0 Å². The Hall–Kier alpha value is -3.63. The fraction of sp³-hybridized carbons (Fsp3) is 0.360. The summed E-state index contributed by atoms with van der Waals surface area (Å²) in [4.78, 5) is 15.5. The van der Waals surface area contributed by atoms with E-state index in [1.165, 1.54) is 7.11 Å². The third-order valence-corrected chi connectivity index (χ3v) is 6.64. The molecule has 1 N–H and O–H groups in total. The fourth-order valence-corrected chi connectivity index (χ4v) is 4.62. The van der Waals surface area contributed by atoms with Crippen molar-refractivity contribution in [1.29, 1.82) is 0 Å². The summed E-state index contributed by atoms with van der Waals surface area (Å²) in [6.45, 7) is 0.287. The first-order chi connectivity index (χ1) is 17.4. The van der Waals surface area contributed by atoms with Crippen LogP contribution in [0.1, 0.15) is 36.9 Å². The van der Waals surface area contributed by atoms with Gasteiger partial charge in [-0.15, -0.1) is 0 Å². The van der Waals surface area contributed by atoms with E-state index in [2.05, 4.69) is 10.2 Å². The highest BCUT2D eigenvalue weighted by molar-refractivity contribution is 6.36. The molecule has 1 saturated heterocycles. The number of nitrogens with zero attached hydrogens (tertiary/aromatic N) is 5. The molecule has 0 aliphatic carbocycles. The minimum atomic E-state index is -1.07. The van der Waals surface area contributed by atoms with Gasteiger partial charge in [-0.05, 0) is 49.1 Å². The lowest BCUT2D eigenvalue weighted by Crippen LogP contribution is -2.18. The van der Waals surface area contributed by atoms with E-state index in [0.29, 0.717) is 34.3 Å². The van der Waals surface area contributed by atoms with E-state index < -0.39 is 12.6 Å². The standard InChI is InChI=1S/C25H26ClN5O5/c1-30-21(28-25(29-30)16-7-9-19(20(11-16)34-2)36-14-23(32)33)12-15-6-8-18-17(24(15)26)13-27-31(18)22-5-3-4-10-35-22/h6-9,11,13,22H,3-5,10,12,14H2,1-2H3,(H,32,33). The van der Waals surface area contributed by atoms with Crippen molar-refractivity contribution in [3.63, 3.8) is 0 Å². The number of hydrogen-bond acceptors (Lipinski definition) is 7. The van der Waals surface area contributed by atoms with Crippen LogP contribution in [0.2, 0.25) is 5.02 Å². The Morgan fingerprint density at radius 2 is 2.11 bits per heavy atom. The molecule has 1 unspecified atom stereocenters. The predicted molar refractivity (Wildman–Crippen MR) is 133 cm³/mol. The molecule has 5 rings (SSSR count). The predicted octanol–water partition coefficient (Wildman–Crippen LogP) is 4.25. The first kappa shape index (κ1) is 24.1. The summed E-state index contributed by atoms with van der Waals surface area (Å²) in [5.41, 5.74) is 2.59. The summed E-state index contributed by atoms with van der Waals surface area (Å²) in [6.07, 6.45) is 5.36. The van der Waals surface area contributed by atoms with Gasteiger partial charge in [0.2, 0.25) is 0 Å². The Morgan fingerprint density at radius 1 is 1.25 bits per heavy atom. The second-order valence-electron chi connectivity index (χ2n) is 8.58. The number of aryl methyl sites for hydroxylation is 1. The van der Waals surface area contributed by atoms with Gasteiger partial charge in [-0.1, -0.05) is 17.7 Å². The van der Waals surface area contributed by atoms with Crippen molar-refractivity contribution in [3.05, 3.63) is 52.9 Å². The van der Waals surface area contributed by atoms with E-state index in [-0.39, 0.29) is 6.23 Å². The Labute approximate surface area is 212 Å². The molecule has 0 spiro atoms. The molecule has 3 heterocycles. The number of carbonyl (C=O) groups is 1. The summed E-state index contributed by atoms with van der Waals surface area (Å²) in [7, 11) is 3.32. The van der Waals surface area contributed by atoms with E-state index in [1.54, 1.807) is 29.1 Å². The Kier molecular flexibility index (Phi) is 6.80. The lowest BCUT2D eigenvalue weighted by molar-refractivity contribution is -0.139. The second-order valence-corrected chi connectivity index (χ2v) is 8.96. The van der Waals surface area contributed by atoms with E-state index in [1.807, 2.05) is 23.9 Å². The van der Waals surface area contributed by atoms with Gasteiger partial charge in [0.1, 0.15) is 5.82 Å². The maximum atomic E-state index is 10.8. The van der Waals surface area contributed by atoms with Gasteiger partial charge in [0, 0.05) is 31.0 Å². The highest BCUT2D eigenvalue weighted by atomic mass is 35.5. The first-order valence-electron chi connectivity index (χ1n) is 11.6. The highest BCUT2D eigenvalue weighted by Crippen LogP contribution is 2.34. The monoisotopic (exact) mass is 511 g/mol. The normalized spacial score (nSPS) is 15.8. The molecule has 36 heavy (non-hydrogen) atoms. The zero-order valence-corrected chi connectivity index (χ0v) is 20.7. The number of hydrogen-bond donors (Lipinski definition) is 1. The molecule has 188 valence electrons. The van der Waals surface area contributed by atoms with Crippen LogP contribution in [-0.2, 0) is 23.0 Å². The number of carboxylic acids is 1. The molecule has 0 radical (unpaired) electrons. The van der Waals surface area contributed by atoms with Crippen LogP contribution in [0, 0.1) is 0 Å². The summed E-state index contributed by atoms with van der Waals surface area (Å²) < 4.78 is 20.2. The van der Waals surface area contributed by atoms with Gasteiger partial charge in [0.05, 0.1) is 23.8 Å². The van der Waals surface area contributed by atoms with E-state index in [9.17, 15) is 4.79 Å². The average Bonchev–Trinajstić information content (AvgIpc) is 3.49. The van der Waals surface area contributed by atoms with Crippen LogP contribution in [0.4, 0.5) is 0 Å². The highest BCUT2D eigenvalue weighted by Gasteiger charge is 2.21. The number of benzene rings is 2. The van der Waals surface area contributed by atoms with Crippen LogP contribution in [-0.4, -0.2) is 55.9 Å². The molecular weight excluding hydrogens is 486 g/mol. The summed E-state index contributed by atoms with van der Waals surface area (Å²) in [5, 5.41) is 19.5. The fourth-order valence-electron chi connectivity index (χ4n) is 4.34. The zero-order valence-electron chi connectivity index (χ0n) is 20.0. The zero-order chi connectivity index (χ0) is 25.2. The average molecular weight is 512 g/mol. The van der Waals surface area contributed by atoms with Gasteiger partial charge in [0.15, 0.2) is 30.2 Å². The number of fused-ring (bicyclic) bond motifs is 1. The van der Waals surface area contributed by atoms with Crippen molar-refractivity contribution in [3.8, 4) is 22.9 Å². The molecule has 11 heteroatoms. The van der Waals surface area contributed by atoms with Crippen LogP contribution >= 0.6 is 11.6 Å². The minimum absolute atomic E-state index is 0.0580. The number of aliphatic carboxylic acids is 1. The van der Waals surface area contributed by atoms with Gasteiger partial charge in [-0.3, -0.25) is 4.68 Å². The van der Waals surface area contributed by atoms with Crippen LogP contribution in [0.5, 0.6) is 11.5 Å². The molecule has 0 saturated carbocycles. The third kappa shape index (κ3) is 4.74. The maximum absolute atomic E-state index is 10.8. The molecule has 2 aromatic carbocycles. The molecular formula is C25H26ClN5O5. The van der Waals surface area contributed by atoms with Crippen molar-refractivity contribution < 1.29 is 24.1 Å². The number of aromatic nitrogens is 5. The molecule has 4 aromatic rings. The molecule has 0 bridgehead atoms. The maximum Gasteiger partial charge on any atom is 0.341 e. The van der Waals surface area contributed by atoms with Crippen molar-refractivity contribution in [1.82, 2.24) is 24.5 Å². The third-order valence-electron chi connectivity index (χ3n) is 6.20. The summed E-state index contributed by atoms with van der Waals surface area (Å²) in [6, 6.07) is 9.15. The topological polar surface area (TPSA) is 114 Å². The van der Waals surface area contributed by atoms with Crippen LogP contribution < -0.4 is 9.47 Å². The molecule has 1 aliphatic rings. The molecule has 1 fully saturated rings. The van der Waals surface area contributed by atoms with Gasteiger partial charge in [0.25, 0.3) is 0 Å². The number of halogens is 1. The van der Waals surface area contributed by atoms with Gasteiger partial charge >= 0.3 is 5.97 Å². The summed E-state index contributed by atoms with van der Waals surface area (Å²) in [5.74, 6) is 0.910. The molecule has 1 aliphatic heterocycles. The van der Waals surface area contributed by atoms with Crippen LogP contribution in [0.3, 0.4) is 0 Å². The van der Waals surface area contributed by atoms with E-state index in [0.717, 1.165) is 48.2 Å². The Bertz CT molecular complexity index is 1410. The Morgan fingerprint density at radius 3 is 2.86 bits per heavy atom. The van der Waals surface area contributed by atoms with Crippen molar-refractivity contribution in [2.45, 2.75) is 31.9 Å². The SMILES string of the molecule is COc1cc(-c2nc(Cc3ccc4c(cnn4C4CCCCO4)c3Cl)n(C)n2)ccc1OCC(=O)O. The summed E-state index contributed by atoms with van der Waals surface area (Å²) >= 11 is 6.81. The second kappa shape index (κ2) is 10.2. The van der Waals surface area contributed by atoms with Gasteiger partial charge in [-0.2, -0.15) is 10.2 Å².